The van der Waals surface area contributed by atoms with Crippen LogP contribution in [0, 0.1) is 0 Å². The van der Waals surface area contributed by atoms with Gasteiger partial charge < -0.3 is 10.4 Å². The lowest BCUT2D eigenvalue weighted by molar-refractivity contribution is -0.121. The topological polar surface area (TPSA) is 113 Å². The quantitative estimate of drug-likeness (QED) is 0.584. The average molecular weight is 314 g/mol. The number of benzene rings is 1. The summed E-state index contributed by atoms with van der Waals surface area (Å²) >= 11 is 0. The molecule has 0 unspecified atom stereocenters. The second kappa shape index (κ2) is 7.75. The van der Waals surface area contributed by atoms with Crippen molar-refractivity contribution in [3.8, 4) is 0 Å². The van der Waals surface area contributed by atoms with Crippen molar-refractivity contribution in [3.05, 3.63) is 35.4 Å². The van der Waals surface area contributed by atoms with Crippen LogP contribution >= 0.6 is 0 Å². The summed E-state index contributed by atoms with van der Waals surface area (Å²) in [6.07, 6.45) is 1.80. The summed E-state index contributed by atoms with van der Waals surface area (Å²) < 4.78 is 23.9. The fourth-order valence-corrected chi connectivity index (χ4v) is 2.07. The molecular weight excluding hydrogens is 296 g/mol. The summed E-state index contributed by atoms with van der Waals surface area (Å²) in [4.78, 5) is 22.2. The Bertz CT molecular complexity index is 595. The minimum Gasteiger partial charge on any atom is -0.478 e. The molecule has 116 valence electrons. The van der Waals surface area contributed by atoms with Gasteiger partial charge in [-0.2, -0.15) is 0 Å². The molecule has 7 nitrogen and oxygen atoms in total. The molecule has 0 heterocycles. The Kier molecular flexibility index (Phi) is 6.32. The molecule has 0 aliphatic rings. The second-order valence-electron chi connectivity index (χ2n) is 4.52. The van der Waals surface area contributed by atoms with Gasteiger partial charge in [-0.05, 0) is 24.1 Å². The number of hydrogen-bond donors (Lipinski definition) is 3. The van der Waals surface area contributed by atoms with Gasteiger partial charge >= 0.3 is 5.97 Å². The molecule has 8 heteroatoms. The number of aromatic carboxylic acids is 1. The highest BCUT2D eigenvalue weighted by molar-refractivity contribution is 7.88. The van der Waals surface area contributed by atoms with Crippen molar-refractivity contribution in [2.24, 2.45) is 0 Å². The number of carboxylic acid groups (broad SMARTS) is 1. The highest BCUT2D eigenvalue weighted by Crippen LogP contribution is 2.06. The third-order valence-corrected chi connectivity index (χ3v) is 3.38. The zero-order chi connectivity index (χ0) is 15.9. The summed E-state index contributed by atoms with van der Waals surface area (Å²) in [6, 6.07) is 6.32. The molecule has 3 N–H and O–H groups in total. The van der Waals surface area contributed by atoms with Crippen LogP contribution in [0.5, 0.6) is 0 Å². The van der Waals surface area contributed by atoms with Gasteiger partial charge in [0.1, 0.15) is 0 Å². The molecule has 0 aromatic heterocycles. The van der Waals surface area contributed by atoms with Gasteiger partial charge in [0.05, 0.1) is 11.8 Å². The van der Waals surface area contributed by atoms with Crippen molar-refractivity contribution in [1.29, 1.82) is 0 Å². The van der Waals surface area contributed by atoms with Crippen LogP contribution < -0.4 is 10.0 Å². The lowest BCUT2D eigenvalue weighted by atomic mass is 10.1. The molecule has 1 aromatic carbocycles. The summed E-state index contributed by atoms with van der Waals surface area (Å²) in [5.74, 6) is -1.18. The smallest absolute Gasteiger partial charge is 0.335 e. The number of amides is 1. The molecule has 0 spiro atoms. The van der Waals surface area contributed by atoms with Crippen molar-refractivity contribution in [2.75, 3.05) is 19.3 Å². The zero-order valence-corrected chi connectivity index (χ0v) is 12.4. The van der Waals surface area contributed by atoms with Crippen LogP contribution in [0.1, 0.15) is 22.3 Å². The Labute approximate surface area is 123 Å². The molecule has 21 heavy (non-hydrogen) atoms. The minimum absolute atomic E-state index is 0.151. The number of hydrogen-bond acceptors (Lipinski definition) is 4. The maximum atomic E-state index is 11.5. The van der Waals surface area contributed by atoms with E-state index in [9.17, 15) is 18.0 Å². The maximum Gasteiger partial charge on any atom is 0.335 e. The first-order valence-corrected chi connectivity index (χ1v) is 8.20. The van der Waals surface area contributed by atoms with Crippen molar-refractivity contribution < 1.29 is 23.1 Å². The van der Waals surface area contributed by atoms with Crippen LogP contribution in [0.2, 0.25) is 0 Å². The number of sulfonamides is 1. The van der Waals surface area contributed by atoms with E-state index in [0.717, 1.165) is 11.8 Å². The Morgan fingerprint density at radius 2 is 1.76 bits per heavy atom. The van der Waals surface area contributed by atoms with E-state index in [2.05, 4.69) is 10.0 Å². The number of rotatable bonds is 8. The Hall–Kier alpha value is -1.93. The second-order valence-corrected chi connectivity index (χ2v) is 6.35. The molecule has 0 radical (unpaired) electrons. The molecule has 1 aromatic rings. The van der Waals surface area contributed by atoms with Crippen LogP contribution in [-0.2, 0) is 21.2 Å². The van der Waals surface area contributed by atoms with Crippen LogP contribution in [0.15, 0.2) is 24.3 Å². The van der Waals surface area contributed by atoms with Gasteiger partial charge in [0.15, 0.2) is 0 Å². The number of carbonyl (C=O) groups is 2. The van der Waals surface area contributed by atoms with Crippen molar-refractivity contribution in [3.63, 3.8) is 0 Å². The predicted octanol–water partition coefficient (Wildman–Crippen LogP) is -0.0172. The SMILES string of the molecule is CS(=O)(=O)NCCNC(=O)CCc1ccc(C(=O)O)cc1. The number of carbonyl (C=O) groups excluding carboxylic acids is 1. The summed E-state index contributed by atoms with van der Waals surface area (Å²) in [5.41, 5.74) is 1.07. The van der Waals surface area contributed by atoms with E-state index in [4.69, 9.17) is 5.11 Å². The summed E-state index contributed by atoms with van der Waals surface area (Å²) in [6.45, 7) is 0.377. The molecule has 0 bridgehead atoms. The first-order valence-electron chi connectivity index (χ1n) is 6.31. The van der Waals surface area contributed by atoms with Crippen LogP contribution in [-0.4, -0.2) is 44.7 Å². The van der Waals surface area contributed by atoms with Gasteiger partial charge in [-0.15, -0.1) is 0 Å². The van der Waals surface area contributed by atoms with E-state index in [-0.39, 0.29) is 31.0 Å². The molecule has 1 rings (SSSR count). The fourth-order valence-electron chi connectivity index (χ4n) is 1.60. The molecule has 0 saturated carbocycles. The molecule has 0 aliphatic heterocycles. The van der Waals surface area contributed by atoms with E-state index in [1.807, 2.05) is 0 Å². The largest absolute Gasteiger partial charge is 0.478 e. The minimum atomic E-state index is -3.24. The molecule has 0 atom stereocenters. The van der Waals surface area contributed by atoms with Gasteiger partial charge in [-0.25, -0.2) is 17.9 Å². The highest BCUT2D eigenvalue weighted by Gasteiger charge is 2.05. The first-order chi connectivity index (χ1) is 9.78. The molecular formula is C13H18N2O5S. The number of carboxylic acids is 1. The van der Waals surface area contributed by atoms with Crippen molar-refractivity contribution in [1.82, 2.24) is 10.0 Å². The van der Waals surface area contributed by atoms with Crippen LogP contribution in [0.25, 0.3) is 0 Å². The maximum absolute atomic E-state index is 11.5. The fraction of sp³-hybridized carbons (Fsp3) is 0.385. The van der Waals surface area contributed by atoms with Gasteiger partial charge in [-0.1, -0.05) is 12.1 Å². The van der Waals surface area contributed by atoms with Gasteiger partial charge in [-0.3, -0.25) is 4.79 Å². The first kappa shape index (κ1) is 17.1. The lowest BCUT2D eigenvalue weighted by Crippen LogP contribution is -2.34. The molecule has 0 saturated heterocycles. The predicted molar refractivity (Wildman–Crippen MR) is 77.6 cm³/mol. The molecule has 0 aliphatic carbocycles. The van der Waals surface area contributed by atoms with E-state index in [0.29, 0.717) is 6.42 Å². The summed E-state index contributed by atoms with van der Waals surface area (Å²) in [5, 5.41) is 11.4. The number of aryl methyl sites for hydroxylation is 1. The highest BCUT2D eigenvalue weighted by atomic mass is 32.2. The number of nitrogens with one attached hydrogen (secondary N) is 2. The monoisotopic (exact) mass is 314 g/mol. The molecule has 1 amide bonds. The molecule has 0 fully saturated rings. The zero-order valence-electron chi connectivity index (χ0n) is 11.6. The Balaban J connectivity index is 2.28. The van der Waals surface area contributed by atoms with Gasteiger partial charge in [0.2, 0.25) is 15.9 Å². The van der Waals surface area contributed by atoms with Crippen LogP contribution in [0.3, 0.4) is 0 Å². The standard InChI is InChI=1S/C13H18N2O5S/c1-21(19,20)15-9-8-14-12(16)7-4-10-2-5-11(6-3-10)13(17)18/h2-3,5-6,15H,4,7-9H2,1H3,(H,14,16)(H,17,18). The van der Waals surface area contributed by atoms with Crippen LogP contribution in [0.4, 0.5) is 0 Å². The van der Waals surface area contributed by atoms with E-state index < -0.39 is 16.0 Å². The average Bonchev–Trinajstić information content (AvgIpc) is 2.41. The van der Waals surface area contributed by atoms with E-state index in [1.165, 1.54) is 12.1 Å². The summed E-state index contributed by atoms with van der Waals surface area (Å²) in [7, 11) is -3.24. The third kappa shape index (κ3) is 7.42. The normalized spacial score (nSPS) is 11.1. The Morgan fingerprint density at radius 3 is 2.29 bits per heavy atom. The van der Waals surface area contributed by atoms with Gasteiger partial charge in [0.25, 0.3) is 0 Å². The third-order valence-electron chi connectivity index (χ3n) is 2.65. The van der Waals surface area contributed by atoms with E-state index in [1.54, 1.807) is 12.1 Å². The van der Waals surface area contributed by atoms with Crippen molar-refractivity contribution in [2.45, 2.75) is 12.8 Å². The van der Waals surface area contributed by atoms with Gasteiger partial charge in [0, 0.05) is 19.5 Å². The Morgan fingerprint density at radius 1 is 1.14 bits per heavy atom. The lowest BCUT2D eigenvalue weighted by Gasteiger charge is -2.06. The van der Waals surface area contributed by atoms with E-state index >= 15 is 0 Å². The van der Waals surface area contributed by atoms with Crippen molar-refractivity contribution >= 4 is 21.9 Å².